The van der Waals surface area contributed by atoms with Gasteiger partial charge in [0.2, 0.25) is 0 Å². The number of hydrogen-bond acceptors (Lipinski definition) is 5. The summed E-state index contributed by atoms with van der Waals surface area (Å²) in [6.07, 6.45) is 7.09. The molecule has 0 aromatic carbocycles. The SMILES string of the molecule is C[C@H]1CC[C@@]2(OC1)O[C@H]1C[C@H]3[C@H]4CC[C@H]5C[C@@H](O)[C@H](O)C[C@]5(C)C4=CC(=O)[C@]3(C)[C@H]1[C@@H]2C. The molecule has 2 heterocycles. The number of carbonyl (C=O) groups excluding carboxylic acids is 1. The molecule has 0 bridgehead atoms. The molecule has 3 saturated carbocycles. The lowest BCUT2D eigenvalue weighted by molar-refractivity contribution is -0.271. The van der Waals surface area contributed by atoms with E-state index in [9.17, 15) is 15.0 Å². The van der Waals surface area contributed by atoms with Crippen LogP contribution in [0.25, 0.3) is 0 Å². The Hall–Kier alpha value is -0.750. The third-order valence-electron chi connectivity index (χ3n) is 11.2. The fourth-order valence-corrected chi connectivity index (χ4v) is 9.32. The standard InChI is InChI=1S/C27H40O5/c1-14-7-8-27(31-13-14)15(2)24-22(32-27)10-19-17-6-5-16-9-20(28)21(29)12-25(16,3)18(17)11-23(30)26(19,24)4/h11,14-17,19-22,24,28-29H,5-10,12-13H2,1-4H3/t14-,15-,16-,17-,19-,20+,21+,22-,24-,25-,26+,27+/m0/s1. The summed E-state index contributed by atoms with van der Waals surface area (Å²) in [5.74, 6) is 1.77. The van der Waals surface area contributed by atoms with Crippen molar-refractivity contribution in [1.29, 1.82) is 0 Å². The molecule has 5 fully saturated rings. The summed E-state index contributed by atoms with van der Waals surface area (Å²) in [7, 11) is 0. The molecule has 2 N–H and O–H groups in total. The molecule has 0 unspecified atom stereocenters. The molecular weight excluding hydrogens is 404 g/mol. The largest absolute Gasteiger partial charge is 0.390 e. The van der Waals surface area contributed by atoms with Crippen molar-refractivity contribution in [3.8, 4) is 0 Å². The molecule has 178 valence electrons. The Morgan fingerprint density at radius 2 is 1.84 bits per heavy atom. The van der Waals surface area contributed by atoms with Crippen LogP contribution in [0.2, 0.25) is 0 Å². The summed E-state index contributed by atoms with van der Waals surface area (Å²) in [6, 6.07) is 0. The average molecular weight is 445 g/mol. The van der Waals surface area contributed by atoms with Crippen molar-refractivity contribution in [2.24, 2.45) is 46.3 Å². The number of aliphatic hydroxyl groups is 2. The minimum atomic E-state index is -0.698. The molecule has 4 aliphatic carbocycles. The van der Waals surface area contributed by atoms with Crippen LogP contribution in [0.5, 0.6) is 0 Å². The number of hydrogen-bond donors (Lipinski definition) is 2. The highest BCUT2D eigenvalue weighted by Crippen LogP contribution is 2.69. The topological polar surface area (TPSA) is 76.0 Å². The maximum Gasteiger partial charge on any atom is 0.171 e. The van der Waals surface area contributed by atoms with Gasteiger partial charge in [0, 0.05) is 23.7 Å². The van der Waals surface area contributed by atoms with Crippen LogP contribution in [0.15, 0.2) is 11.6 Å². The van der Waals surface area contributed by atoms with Crippen LogP contribution in [-0.4, -0.2) is 46.7 Å². The van der Waals surface area contributed by atoms with Crippen LogP contribution in [0, 0.1) is 46.3 Å². The van der Waals surface area contributed by atoms with Gasteiger partial charge in [0.25, 0.3) is 0 Å². The molecule has 5 nitrogen and oxygen atoms in total. The predicted molar refractivity (Wildman–Crippen MR) is 119 cm³/mol. The van der Waals surface area contributed by atoms with E-state index in [2.05, 4.69) is 27.7 Å². The molecular formula is C27H40O5. The predicted octanol–water partition coefficient (Wildman–Crippen LogP) is 3.86. The number of carbonyl (C=O) groups is 1. The summed E-state index contributed by atoms with van der Waals surface area (Å²) in [4.78, 5) is 13.9. The van der Waals surface area contributed by atoms with Crippen LogP contribution in [0.1, 0.15) is 72.6 Å². The van der Waals surface area contributed by atoms with Crippen molar-refractivity contribution >= 4 is 5.78 Å². The first-order chi connectivity index (χ1) is 15.1. The van der Waals surface area contributed by atoms with Gasteiger partial charge < -0.3 is 19.7 Å². The summed E-state index contributed by atoms with van der Waals surface area (Å²) >= 11 is 0. The highest BCUT2D eigenvalue weighted by molar-refractivity contribution is 5.97. The lowest BCUT2D eigenvalue weighted by atomic mass is 9.47. The fourth-order valence-electron chi connectivity index (χ4n) is 9.32. The average Bonchev–Trinajstić information content (AvgIpc) is 3.19. The van der Waals surface area contributed by atoms with Crippen molar-refractivity contribution < 1.29 is 24.5 Å². The lowest BCUT2D eigenvalue weighted by Gasteiger charge is -2.57. The third-order valence-corrected chi connectivity index (χ3v) is 11.2. The molecule has 2 aliphatic heterocycles. The van der Waals surface area contributed by atoms with E-state index in [1.807, 2.05) is 6.08 Å². The number of allylic oxidation sites excluding steroid dienone is 2. The Morgan fingerprint density at radius 3 is 2.56 bits per heavy atom. The van der Waals surface area contributed by atoms with Crippen molar-refractivity contribution in [3.63, 3.8) is 0 Å². The first-order valence-corrected chi connectivity index (χ1v) is 13.0. The summed E-state index contributed by atoms with van der Waals surface area (Å²) in [5, 5.41) is 20.8. The van der Waals surface area contributed by atoms with E-state index in [0.29, 0.717) is 36.5 Å². The Morgan fingerprint density at radius 1 is 1.06 bits per heavy atom. The maximum atomic E-state index is 13.9. The number of rotatable bonds is 0. The first kappa shape index (κ1) is 21.8. The van der Waals surface area contributed by atoms with Crippen molar-refractivity contribution in [2.45, 2.75) is 96.7 Å². The van der Waals surface area contributed by atoms with Gasteiger partial charge in [-0.15, -0.1) is 0 Å². The van der Waals surface area contributed by atoms with Gasteiger partial charge in [0.1, 0.15) is 0 Å². The van der Waals surface area contributed by atoms with Gasteiger partial charge in [-0.2, -0.15) is 0 Å². The zero-order chi connectivity index (χ0) is 22.6. The molecule has 0 radical (unpaired) electrons. The Labute approximate surface area is 191 Å². The molecule has 6 rings (SSSR count). The summed E-state index contributed by atoms with van der Waals surface area (Å²) < 4.78 is 13.1. The van der Waals surface area contributed by atoms with Crippen LogP contribution in [0.3, 0.4) is 0 Å². The molecule has 32 heavy (non-hydrogen) atoms. The number of ether oxygens (including phenoxy) is 2. The van der Waals surface area contributed by atoms with E-state index < -0.39 is 23.4 Å². The number of ketones is 1. The second-order valence-corrected chi connectivity index (χ2v) is 12.7. The minimum Gasteiger partial charge on any atom is -0.390 e. The summed E-state index contributed by atoms with van der Waals surface area (Å²) in [6.45, 7) is 9.70. The first-order valence-electron chi connectivity index (χ1n) is 13.0. The highest BCUT2D eigenvalue weighted by Gasteiger charge is 2.70. The van der Waals surface area contributed by atoms with Crippen molar-refractivity contribution in [2.75, 3.05) is 6.61 Å². The second kappa shape index (κ2) is 6.90. The normalized spacial score (nSPS) is 59.2. The van der Waals surface area contributed by atoms with Gasteiger partial charge in [-0.05, 0) is 73.7 Å². The zero-order valence-electron chi connectivity index (χ0n) is 20.0. The van der Waals surface area contributed by atoms with E-state index in [1.54, 1.807) is 0 Å². The van der Waals surface area contributed by atoms with E-state index >= 15 is 0 Å². The molecule has 0 aromatic heterocycles. The van der Waals surface area contributed by atoms with Crippen LogP contribution in [-0.2, 0) is 14.3 Å². The van der Waals surface area contributed by atoms with Crippen molar-refractivity contribution in [1.82, 2.24) is 0 Å². The van der Waals surface area contributed by atoms with E-state index in [-0.39, 0.29) is 29.1 Å². The Balaban J connectivity index is 1.35. The molecule has 6 aliphatic rings. The Kier molecular flexibility index (Phi) is 4.69. The Bertz CT molecular complexity index is 843. The molecule has 5 heteroatoms. The van der Waals surface area contributed by atoms with E-state index in [0.717, 1.165) is 38.7 Å². The second-order valence-electron chi connectivity index (χ2n) is 12.7. The molecule has 2 saturated heterocycles. The lowest BCUT2D eigenvalue weighted by Crippen LogP contribution is -2.55. The van der Waals surface area contributed by atoms with E-state index in [1.165, 1.54) is 5.57 Å². The molecule has 0 aromatic rings. The van der Waals surface area contributed by atoms with Gasteiger partial charge in [0.05, 0.1) is 24.9 Å². The van der Waals surface area contributed by atoms with Gasteiger partial charge in [-0.1, -0.05) is 33.3 Å². The third kappa shape index (κ3) is 2.63. The van der Waals surface area contributed by atoms with Crippen LogP contribution >= 0.6 is 0 Å². The summed E-state index contributed by atoms with van der Waals surface area (Å²) in [5.41, 5.74) is 0.675. The quantitative estimate of drug-likeness (QED) is 0.593. The van der Waals surface area contributed by atoms with Gasteiger partial charge >= 0.3 is 0 Å². The van der Waals surface area contributed by atoms with Crippen LogP contribution in [0.4, 0.5) is 0 Å². The minimum absolute atomic E-state index is 0.0920. The number of aliphatic hydroxyl groups excluding tert-OH is 2. The zero-order valence-corrected chi connectivity index (χ0v) is 20.0. The molecule has 12 atom stereocenters. The van der Waals surface area contributed by atoms with Crippen LogP contribution < -0.4 is 0 Å². The van der Waals surface area contributed by atoms with E-state index in [4.69, 9.17) is 9.47 Å². The molecule has 1 spiro atoms. The maximum absolute atomic E-state index is 13.9. The fraction of sp³-hybridized carbons (Fsp3) is 0.889. The molecule has 0 amide bonds. The monoisotopic (exact) mass is 444 g/mol. The van der Waals surface area contributed by atoms with Gasteiger partial charge in [-0.25, -0.2) is 0 Å². The number of fused-ring (bicyclic) bond motifs is 7. The highest BCUT2D eigenvalue weighted by atomic mass is 16.7. The van der Waals surface area contributed by atoms with Gasteiger partial charge in [-0.3, -0.25) is 4.79 Å². The van der Waals surface area contributed by atoms with Crippen molar-refractivity contribution in [3.05, 3.63) is 11.6 Å². The van der Waals surface area contributed by atoms with Gasteiger partial charge in [0.15, 0.2) is 11.6 Å². The smallest absolute Gasteiger partial charge is 0.171 e.